The van der Waals surface area contributed by atoms with E-state index in [0.717, 1.165) is 11.9 Å². The number of benzene rings is 1. The molecule has 152 valence electrons. The van der Waals surface area contributed by atoms with Crippen LogP contribution in [-0.4, -0.2) is 65.3 Å². The third-order valence-corrected chi connectivity index (χ3v) is 6.49. The van der Waals surface area contributed by atoms with Gasteiger partial charge in [0.15, 0.2) is 0 Å². The van der Waals surface area contributed by atoms with Crippen molar-refractivity contribution in [2.75, 3.05) is 38.2 Å². The molecule has 0 saturated carbocycles. The molecule has 1 saturated heterocycles. The van der Waals surface area contributed by atoms with Crippen LogP contribution in [0.3, 0.4) is 0 Å². The summed E-state index contributed by atoms with van der Waals surface area (Å²) in [5.74, 6) is 0.689. The molecule has 11 nitrogen and oxygen atoms in total. The van der Waals surface area contributed by atoms with Crippen molar-refractivity contribution in [3.05, 3.63) is 40.5 Å². The molecule has 1 aromatic carbocycles. The normalized spacial score (nSPS) is 16.6. The molecule has 0 radical (unpaired) electrons. The molecular weight excluding hydrogens is 388 g/mol. The number of aryl methyl sites for hydroxylation is 1. The van der Waals surface area contributed by atoms with Gasteiger partial charge in [-0.1, -0.05) is 6.92 Å². The Morgan fingerprint density at radius 1 is 1.36 bits per heavy atom. The van der Waals surface area contributed by atoms with Crippen molar-refractivity contribution in [3.63, 3.8) is 0 Å². The Balaban J connectivity index is 1.90. The molecule has 1 aromatic heterocycles. The topological polar surface area (TPSA) is 132 Å². The highest BCUT2D eigenvalue weighted by Gasteiger charge is 2.30. The zero-order valence-corrected chi connectivity index (χ0v) is 16.4. The number of aromatic nitrogens is 3. The van der Waals surface area contributed by atoms with Gasteiger partial charge in [-0.15, -0.1) is 10.2 Å². The van der Waals surface area contributed by atoms with E-state index in [1.165, 1.54) is 16.4 Å². The number of nitro benzene ring substituents is 1. The molecule has 1 atom stereocenters. The smallest absolute Gasteiger partial charge is 0.270 e. The Morgan fingerprint density at radius 2 is 2.07 bits per heavy atom. The highest BCUT2D eigenvalue weighted by atomic mass is 32.2. The first-order chi connectivity index (χ1) is 13.3. The Morgan fingerprint density at radius 3 is 2.68 bits per heavy atom. The molecule has 0 spiro atoms. The second kappa shape index (κ2) is 8.20. The monoisotopic (exact) mass is 410 g/mol. The van der Waals surface area contributed by atoms with Crippen molar-refractivity contribution >= 4 is 21.4 Å². The number of ether oxygens (including phenoxy) is 1. The molecule has 0 amide bonds. The van der Waals surface area contributed by atoms with Crippen molar-refractivity contribution in [3.8, 4) is 0 Å². The van der Waals surface area contributed by atoms with Gasteiger partial charge < -0.3 is 14.6 Å². The fraction of sp³-hybridized carbons (Fsp3) is 0.500. The Labute approximate surface area is 162 Å². The van der Waals surface area contributed by atoms with E-state index in [2.05, 4.69) is 15.5 Å². The maximum Gasteiger partial charge on any atom is 0.270 e. The quantitative estimate of drug-likeness (QED) is 0.527. The molecule has 1 fully saturated rings. The van der Waals surface area contributed by atoms with E-state index in [1.807, 2.05) is 14.0 Å². The van der Waals surface area contributed by atoms with Gasteiger partial charge in [-0.05, 0) is 6.07 Å². The fourth-order valence-electron chi connectivity index (χ4n) is 3.00. The molecule has 2 aromatic rings. The molecule has 0 unspecified atom stereocenters. The molecule has 1 aliphatic rings. The van der Waals surface area contributed by atoms with Crippen molar-refractivity contribution in [1.29, 1.82) is 0 Å². The van der Waals surface area contributed by atoms with E-state index in [9.17, 15) is 18.5 Å². The predicted octanol–water partition coefficient (Wildman–Crippen LogP) is 0.960. The summed E-state index contributed by atoms with van der Waals surface area (Å²) in [5.41, 5.74) is 0.0323. The number of rotatable bonds is 7. The molecule has 12 heteroatoms. The maximum absolute atomic E-state index is 13.1. The highest BCUT2D eigenvalue weighted by Crippen LogP contribution is 2.30. The third kappa shape index (κ3) is 4.13. The fourth-order valence-corrected chi connectivity index (χ4v) is 4.60. The summed E-state index contributed by atoms with van der Waals surface area (Å²) in [6.45, 7) is 3.31. The molecule has 1 N–H and O–H groups in total. The van der Waals surface area contributed by atoms with Crippen LogP contribution < -0.4 is 5.32 Å². The van der Waals surface area contributed by atoms with Crippen LogP contribution in [-0.2, 0) is 21.8 Å². The van der Waals surface area contributed by atoms with E-state index in [4.69, 9.17) is 4.74 Å². The van der Waals surface area contributed by atoms with Crippen LogP contribution in [0.1, 0.15) is 18.7 Å². The van der Waals surface area contributed by atoms with Crippen molar-refractivity contribution in [2.45, 2.75) is 17.7 Å². The predicted molar refractivity (Wildman–Crippen MR) is 101 cm³/mol. The zero-order chi connectivity index (χ0) is 20.3. The summed E-state index contributed by atoms with van der Waals surface area (Å²) in [7, 11) is -2.08. The van der Waals surface area contributed by atoms with Crippen LogP contribution in [0.2, 0.25) is 0 Å². The lowest BCUT2D eigenvalue weighted by Gasteiger charge is -2.27. The average molecular weight is 410 g/mol. The Kier molecular flexibility index (Phi) is 5.91. The molecule has 3 rings (SSSR count). The van der Waals surface area contributed by atoms with Crippen molar-refractivity contribution in [2.24, 2.45) is 7.05 Å². The molecule has 2 heterocycles. The number of nitrogens with zero attached hydrogens (tertiary/aromatic N) is 5. The standard InChI is InChI=1S/C16H22N6O5S/c1-12(16-19-18-11-20(16)2)10-17-14-4-3-13(22(23)24)9-15(14)28(25,26)21-5-7-27-8-6-21/h3-4,9,11-12,17H,5-8,10H2,1-2H3/t12-/m1/s1. The summed E-state index contributed by atoms with van der Waals surface area (Å²) in [6, 6.07) is 3.81. The van der Waals surface area contributed by atoms with Gasteiger partial charge in [-0.3, -0.25) is 10.1 Å². The number of sulfonamides is 1. The van der Waals surface area contributed by atoms with Gasteiger partial charge in [0.25, 0.3) is 5.69 Å². The summed E-state index contributed by atoms with van der Waals surface area (Å²) in [6.07, 6.45) is 1.59. The van der Waals surface area contributed by atoms with Gasteiger partial charge >= 0.3 is 0 Å². The van der Waals surface area contributed by atoms with Crippen LogP contribution in [0.15, 0.2) is 29.4 Å². The SMILES string of the molecule is C[C@H](CNc1ccc([N+](=O)[O-])cc1S(=O)(=O)N1CCOCC1)c1nncn1C. The minimum atomic E-state index is -3.91. The Bertz CT molecular complexity index is 954. The third-order valence-electron chi connectivity index (χ3n) is 4.55. The lowest BCUT2D eigenvalue weighted by molar-refractivity contribution is -0.385. The van der Waals surface area contributed by atoms with Crippen molar-refractivity contribution in [1.82, 2.24) is 19.1 Å². The number of hydrogen-bond acceptors (Lipinski definition) is 8. The first-order valence-electron chi connectivity index (χ1n) is 8.75. The molecular formula is C16H22N6O5S. The van der Waals surface area contributed by atoms with Gasteiger partial charge in [0.1, 0.15) is 17.0 Å². The van der Waals surface area contributed by atoms with Gasteiger partial charge in [-0.2, -0.15) is 4.31 Å². The van der Waals surface area contributed by atoms with E-state index in [1.54, 1.807) is 10.9 Å². The van der Waals surface area contributed by atoms with E-state index in [0.29, 0.717) is 25.4 Å². The van der Waals surface area contributed by atoms with Crippen LogP contribution in [0.4, 0.5) is 11.4 Å². The van der Waals surface area contributed by atoms with Crippen molar-refractivity contribution < 1.29 is 18.1 Å². The molecule has 0 bridgehead atoms. The second-order valence-electron chi connectivity index (χ2n) is 6.54. The van der Waals surface area contributed by atoms with Crippen LogP contribution in [0.25, 0.3) is 0 Å². The lowest BCUT2D eigenvalue weighted by atomic mass is 10.1. The van der Waals surface area contributed by atoms with Gasteiger partial charge in [0.2, 0.25) is 10.0 Å². The van der Waals surface area contributed by atoms with Gasteiger partial charge in [0.05, 0.1) is 23.8 Å². The summed E-state index contributed by atoms with van der Waals surface area (Å²) < 4.78 is 34.5. The molecule has 1 aliphatic heterocycles. The van der Waals surface area contributed by atoms with E-state index >= 15 is 0 Å². The summed E-state index contributed by atoms with van der Waals surface area (Å²) in [5, 5.41) is 22.2. The first kappa shape index (κ1) is 20.2. The summed E-state index contributed by atoms with van der Waals surface area (Å²) in [4.78, 5) is 10.4. The first-order valence-corrected chi connectivity index (χ1v) is 10.2. The molecule has 28 heavy (non-hydrogen) atoms. The second-order valence-corrected chi connectivity index (χ2v) is 8.44. The van der Waals surface area contributed by atoms with Crippen LogP contribution >= 0.6 is 0 Å². The largest absolute Gasteiger partial charge is 0.383 e. The summed E-state index contributed by atoms with van der Waals surface area (Å²) >= 11 is 0. The number of nitro groups is 1. The van der Waals surface area contributed by atoms with Gasteiger partial charge in [-0.25, -0.2) is 8.42 Å². The number of morpholine rings is 1. The number of nitrogens with one attached hydrogen (secondary N) is 1. The van der Waals surface area contributed by atoms with E-state index < -0.39 is 14.9 Å². The number of hydrogen-bond donors (Lipinski definition) is 1. The average Bonchev–Trinajstić information content (AvgIpc) is 3.12. The lowest BCUT2D eigenvalue weighted by Crippen LogP contribution is -2.40. The highest BCUT2D eigenvalue weighted by molar-refractivity contribution is 7.89. The Hall–Kier alpha value is -2.57. The number of non-ortho nitro benzene ring substituents is 1. The molecule has 0 aliphatic carbocycles. The minimum Gasteiger partial charge on any atom is -0.383 e. The minimum absolute atomic E-state index is 0.0540. The van der Waals surface area contributed by atoms with E-state index in [-0.39, 0.29) is 29.6 Å². The van der Waals surface area contributed by atoms with Gasteiger partial charge in [0, 0.05) is 44.7 Å². The number of anilines is 1. The zero-order valence-electron chi connectivity index (χ0n) is 15.6. The maximum atomic E-state index is 13.1. The van der Waals surface area contributed by atoms with Crippen LogP contribution in [0.5, 0.6) is 0 Å². The van der Waals surface area contributed by atoms with Crippen LogP contribution in [0, 0.1) is 10.1 Å².